The first-order chi connectivity index (χ1) is 12.8. The number of hydrogen-bond donors (Lipinski definition) is 2. The first kappa shape index (κ1) is 20.2. The van der Waals surface area contributed by atoms with Gasteiger partial charge in [0.05, 0.1) is 6.10 Å². The van der Waals surface area contributed by atoms with E-state index in [1.807, 2.05) is 32.9 Å². The molecule has 1 saturated carbocycles. The molecule has 1 amide bonds. The van der Waals surface area contributed by atoms with Crippen LogP contribution in [0.1, 0.15) is 45.6 Å². The van der Waals surface area contributed by atoms with Gasteiger partial charge in [0.25, 0.3) is 0 Å². The van der Waals surface area contributed by atoms with E-state index in [2.05, 4.69) is 10.2 Å². The Morgan fingerprint density at radius 1 is 1.30 bits per heavy atom. The van der Waals surface area contributed by atoms with Crippen molar-refractivity contribution in [2.75, 3.05) is 19.7 Å². The normalized spacial score (nSPS) is 28.6. The highest BCUT2D eigenvalue weighted by atomic mass is 19.1. The number of hydrogen-bond acceptors (Lipinski definition) is 4. The van der Waals surface area contributed by atoms with E-state index >= 15 is 0 Å². The minimum absolute atomic E-state index is 0.0378. The minimum Gasteiger partial charge on any atom is -0.378 e. The molecule has 6 heteroatoms. The van der Waals surface area contributed by atoms with Gasteiger partial charge in [-0.25, -0.2) is 4.39 Å². The molecule has 0 aromatic heterocycles. The molecule has 1 aromatic rings. The van der Waals surface area contributed by atoms with Gasteiger partial charge in [-0.15, -0.1) is 0 Å². The molecule has 0 spiro atoms. The molecule has 0 radical (unpaired) electrons. The van der Waals surface area contributed by atoms with Crippen LogP contribution >= 0.6 is 0 Å². The van der Waals surface area contributed by atoms with Crippen molar-refractivity contribution in [3.05, 3.63) is 35.6 Å². The highest BCUT2D eigenvalue weighted by molar-refractivity contribution is 5.89. The summed E-state index contributed by atoms with van der Waals surface area (Å²) in [4.78, 5) is 15.2. The molecule has 1 heterocycles. The largest absolute Gasteiger partial charge is 0.378 e. The van der Waals surface area contributed by atoms with E-state index in [1.165, 1.54) is 12.1 Å². The Morgan fingerprint density at radius 3 is 2.48 bits per heavy atom. The van der Waals surface area contributed by atoms with Crippen LogP contribution in [0.4, 0.5) is 4.39 Å². The molecule has 3 N–H and O–H groups in total. The lowest BCUT2D eigenvalue weighted by atomic mass is 9.54. The molecule has 150 valence electrons. The lowest BCUT2D eigenvalue weighted by Gasteiger charge is -2.57. The summed E-state index contributed by atoms with van der Waals surface area (Å²) in [7, 11) is 0. The van der Waals surface area contributed by atoms with E-state index in [-0.39, 0.29) is 29.3 Å². The monoisotopic (exact) mass is 377 g/mol. The maximum atomic E-state index is 13.0. The van der Waals surface area contributed by atoms with Gasteiger partial charge in [-0.05, 0) is 37.5 Å². The lowest BCUT2D eigenvalue weighted by Crippen LogP contribution is -2.76. The minimum atomic E-state index is -0.863. The molecule has 2 fully saturated rings. The second-order valence-electron chi connectivity index (χ2n) is 8.49. The van der Waals surface area contributed by atoms with E-state index < -0.39 is 5.54 Å². The number of ether oxygens (including phenoxy) is 1. The zero-order valence-electron chi connectivity index (χ0n) is 16.6. The van der Waals surface area contributed by atoms with Gasteiger partial charge in [0, 0.05) is 44.1 Å². The SMILES string of the molecule is CCOC1CC(N)(C(=O)NC2CCN(Cc3ccc(F)cc3)CC2)C1(C)C. The van der Waals surface area contributed by atoms with Crippen molar-refractivity contribution in [3.8, 4) is 0 Å². The third kappa shape index (κ3) is 4.03. The van der Waals surface area contributed by atoms with Crippen LogP contribution in [0.15, 0.2) is 24.3 Å². The summed E-state index contributed by atoms with van der Waals surface area (Å²) in [5.41, 5.74) is 6.35. The Kier molecular flexibility index (Phi) is 5.89. The van der Waals surface area contributed by atoms with Gasteiger partial charge in [-0.2, -0.15) is 0 Å². The van der Waals surface area contributed by atoms with Crippen LogP contribution in [0, 0.1) is 11.2 Å². The highest BCUT2D eigenvalue weighted by Gasteiger charge is 2.63. The number of likely N-dealkylation sites (tertiary alicyclic amines) is 1. The fourth-order valence-corrected chi connectivity index (χ4v) is 4.22. The second-order valence-corrected chi connectivity index (χ2v) is 8.49. The van der Waals surface area contributed by atoms with Crippen LogP contribution in [-0.2, 0) is 16.1 Å². The number of nitrogens with zero attached hydrogens (tertiary/aromatic N) is 1. The molecule has 0 bridgehead atoms. The van der Waals surface area contributed by atoms with E-state index in [0.29, 0.717) is 13.0 Å². The molecule has 5 nitrogen and oxygen atoms in total. The lowest BCUT2D eigenvalue weighted by molar-refractivity contribution is -0.171. The number of carbonyl (C=O) groups excluding carboxylic acids is 1. The van der Waals surface area contributed by atoms with E-state index in [0.717, 1.165) is 38.0 Å². The van der Waals surface area contributed by atoms with Crippen LogP contribution in [0.3, 0.4) is 0 Å². The average molecular weight is 378 g/mol. The topological polar surface area (TPSA) is 67.6 Å². The summed E-state index contributed by atoms with van der Waals surface area (Å²) in [6.07, 6.45) is 2.41. The predicted octanol–water partition coefficient (Wildman–Crippen LogP) is 2.44. The third-order valence-electron chi connectivity index (χ3n) is 6.48. The maximum absolute atomic E-state index is 13.0. The molecule has 1 aliphatic heterocycles. The van der Waals surface area contributed by atoms with Crippen molar-refractivity contribution in [2.45, 2.75) is 64.3 Å². The van der Waals surface area contributed by atoms with Gasteiger partial charge in [0.2, 0.25) is 5.91 Å². The zero-order valence-corrected chi connectivity index (χ0v) is 16.6. The quantitative estimate of drug-likeness (QED) is 0.799. The summed E-state index contributed by atoms with van der Waals surface area (Å²) in [6.45, 7) is 9.26. The molecule has 2 unspecified atom stereocenters. The Morgan fingerprint density at radius 2 is 1.93 bits per heavy atom. The van der Waals surface area contributed by atoms with Gasteiger partial charge in [-0.3, -0.25) is 9.69 Å². The van der Waals surface area contributed by atoms with Crippen molar-refractivity contribution in [1.29, 1.82) is 0 Å². The summed E-state index contributed by atoms with van der Waals surface area (Å²) in [5, 5.41) is 3.18. The summed E-state index contributed by atoms with van der Waals surface area (Å²) in [6, 6.07) is 6.81. The smallest absolute Gasteiger partial charge is 0.241 e. The Balaban J connectivity index is 1.48. The van der Waals surface area contributed by atoms with Crippen molar-refractivity contribution < 1.29 is 13.9 Å². The van der Waals surface area contributed by atoms with Gasteiger partial charge < -0.3 is 15.8 Å². The number of halogens is 1. The number of amides is 1. The van der Waals surface area contributed by atoms with Gasteiger partial charge in [0.15, 0.2) is 0 Å². The molecular weight excluding hydrogens is 345 g/mol. The highest BCUT2D eigenvalue weighted by Crippen LogP contribution is 2.49. The van der Waals surface area contributed by atoms with Gasteiger partial charge in [-0.1, -0.05) is 26.0 Å². The number of nitrogens with one attached hydrogen (secondary N) is 1. The fraction of sp³-hybridized carbons (Fsp3) is 0.667. The Hall–Kier alpha value is -1.50. The molecule has 1 aromatic carbocycles. The van der Waals surface area contributed by atoms with Crippen molar-refractivity contribution in [2.24, 2.45) is 11.1 Å². The number of piperidine rings is 1. The van der Waals surface area contributed by atoms with Crippen LogP contribution in [0.2, 0.25) is 0 Å². The molecule has 2 atom stereocenters. The van der Waals surface area contributed by atoms with Crippen LogP contribution in [0.5, 0.6) is 0 Å². The van der Waals surface area contributed by atoms with Crippen molar-refractivity contribution in [3.63, 3.8) is 0 Å². The fourth-order valence-electron chi connectivity index (χ4n) is 4.22. The third-order valence-corrected chi connectivity index (χ3v) is 6.48. The van der Waals surface area contributed by atoms with Crippen molar-refractivity contribution >= 4 is 5.91 Å². The number of carbonyl (C=O) groups is 1. The number of rotatable bonds is 6. The molecule has 3 rings (SSSR count). The first-order valence-corrected chi connectivity index (χ1v) is 9.94. The second kappa shape index (κ2) is 7.86. The zero-order chi connectivity index (χ0) is 19.7. The number of nitrogens with two attached hydrogens (primary N) is 1. The molecule has 2 aliphatic rings. The summed E-state index contributed by atoms with van der Waals surface area (Å²) >= 11 is 0. The molecule has 1 aliphatic carbocycles. The Bertz CT molecular complexity index is 656. The summed E-state index contributed by atoms with van der Waals surface area (Å²) in [5.74, 6) is -0.262. The first-order valence-electron chi connectivity index (χ1n) is 9.94. The standard InChI is InChI=1S/C21H32FN3O2/c1-4-27-18-13-21(23,20(18,2)3)19(26)24-17-9-11-25(12-10-17)14-15-5-7-16(22)8-6-15/h5-8,17-18H,4,9-14,23H2,1-3H3,(H,24,26). The van der Waals surface area contributed by atoms with E-state index in [4.69, 9.17) is 10.5 Å². The Labute approximate surface area is 161 Å². The maximum Gasteiger partial charge on any atom is 0.241 e. The van der Waals surface area contributed by atoms with E-state index in [9.17, 15) is 9.18 Å². The molecular formula is C21H32FN3O2. The predicted molar refractivity (Wildman–Crippen MR) is 104 cm³/mol. The van der Waals surface area contributed by atoms with Gasteiger partial charge in [0.1, 0.15) is 11.4 Å². The van der Waals surface area contributed by atoms with Crippen LogP contribution in [-0.4, -0.2) is 48.2 Å². The van der Waals surface area contributed by atoms with E-state index in [1.54, 1.807) is 0 Å². The molecule has 27 heavy (non-hydrogen) atoms. The average Bonchev–Trinajstić information content (AvgIpc) is 2.64. The van der Waals surface area contributed by atoms with Crippen LogP contribution in [0.25, 0.3) is 0 Å². The van der Waals surface area contributed by atoms with Crippen molar-refractivity contribution in [1.82, 2.24) is 10.2 Å². The summed E-state index contributed by atoms with van der Waals surface area (Å²) < 4.78 is 18.7. The number of benzene rings is 1. The molecule has 1 saturated heterocycles. The van der Waals surface area contributed by atoms with Crippen LogP contribution < -0.4 is 11.1 Å². The van der Waals surface area contributed by atoms with Gasteiger partial charge >= 0.3 is 0 Å².